The molecule has 0 unspecified atom stereocenters. The number of hydrogen-bond acceptors (Lipinski definition) is 4. The number of rotatable bonds is 6. The number of aryl methyl sites for hydroxylation is 1. The molecule has 1 N–H and O–H groups in total. The summed E-state index contributed by atoms with van der Waals surface area (Å²) >= 11 is 0. The Hall–Kier alpha value is -4.40. The Morgan fingerprint density at radius 1 is 0.941 bits per heavy atom. The third-order valence-electron chi connectivity index (χ3n) is 5.21. The van der Waals surface area contributed by atoms with E-state index in [0.717, 1.165) is 14.8 Å². The highest BCUT2D eigenvalue weighted by atomic mass is 19.1. The molecular formula is C25H20F2N4O3. The molecule has 1 heterocycles. The molecule has 1 aromatic heterocycles. The van der Waals surface area contributed by atoms with E-state index in [-0.39, 0.29) is 18.7 Å². The maximum atomic E-state index is 14.3. The standard InChI is InChI=1S/C25H20F2N4O3/c1-16-6-12-20(13-7-16)31-25(34)30(15-18-4-2-3-5-21(18)27)24(33)22(29-31)23(32)28-14-17-8-10-19(26)11-9-17/h2-13H,14-15H2,1H3,(H,28,32). The van der Waals surface area contributed by atoms with E-state index in [9.17, 15) is 23.2 Å². The summed E-state index contributed by atoms with van der Waals surface area (Å²) in [5.41, 5.74) is -0.299. The van der Waals surface area contributed by atoms with Crippen LogP contribution in [0.25, 0.3) is 5.69 Å². The topological polar surface area (TPSA) is 86.0 Å². The van der Waals surface area contributed by atoms with Crippen molar-refractivity contribution in [2.75, 3.05) is 0 Å². The molecule has 0 bridgehead atoms. The number of hydrogen-bond donors (Lipinski definition) is 1. The summed E-state index contributed by atoms with van der Waals surface area (Å²) in [6.45, 7) is 1.50. The van der Waals surface area contributed by atoms with Crippen LogP contribution in [0.5, 0.6) is 0 Å². The molecule has 0 spiro atoms. The van der Waals surface area contributed by atoms with E-state index >= 15 is 0 Å². The molecular weight excluding hydrogens is 442 g/mol. The predicted molar refractivity (Wildman–Crippen MR) is 122 cm³/mol. The number of benzene rings is 3. The monoisotopic (exact) mass is 462 g/mol. The summed E-state index contributed by atoms with van der Waals surface area (Å²) in [7, 11) is 0. The van der Waals surface area contributed by atoms with Crippen LogP contribution in [-0.2, 0) is 13.1 Å². The number of carbonyl (C=O) groups excluding carboxylic acids is 1. The number of carbonyl (C=O) groups is 1. The maximum absolute atomic E-state index is 14.3. The number of amides is 1. The maximum Gasteiger partial charge on any atom is 0.352 e. The van der Waals surface area contributed by atoms with Crippen LogP contribution in [-0.4, -0.2) is 20.3 Å². The minimum atomic E-state index is -0.951. The second-order valence-corrected chi connectivity index (χ2v) is 7.67. The molecule has 3 aromatic carbocycles. The van der Waals surface area contributed by atoms with Gasteiger partial charge in [0, 0.05) is 12.1 Å². The molecule has 172 valence electrons. The Bertz CT molecular complexity index is 1460. The van der Waals surface area contributed by atoms with Crippen LogP contribution in [0.1, 0.15) is 27.2 Å². The van der Waals surface area contributed by atoms with Crippen LogP contribution < -0.4 is 16.6 Å². The second kappa shape index (κ2) is 9.62. The molecule has 0 saturated carbocycles. The van der Waals surface area contributed by atoms with E-state index in [1.54, 1.807) is 30.3 Å². The Kier molecular flexibility index (Phi) is 6.44. The molecule has 0 saturated heterocycles. The smallest absolute Gasteiger partial charge is 0.346 e. The zero-order valence-corrected chi connectivity index (χ0v) is 18.2. The van der Waals surface area contributed by atoms with Gasteiger partial charge in [-0.2, -0.15) is 9.78 Å². The highest BCUT2D eigenvalue weighted by Gasteiger charge is 2.21. The van der Waals surface area contributed by atoms with Crippen LogP contribution in [0.15, 0.2) is 82.4 Å². The normalized spacial score (nSPS) is 10.8. The van der Waals surface area contributed by atoms with Crippen molar-refractivity contribution in [3.05, 3.63) is 128 Å². The molecule has 0 aliphatic carbocycles. The summed E-state index contributed by atoms with van der Waals surface area (Å²) in [6.07, 6.45) is 0. The largest absolute Gasteiger partial charge is 0.352 e. The average Bonchev–Trinajstić information content (AvgIpc) is 2.83. The lowest BCUT2D eigenvalue weighted by molar-refractivity contribution is 0.0941. The van der Waals surface area contributed by atoms with Gasteiger partial charge in [0.15, 0.2) is 0 Å². The lowest BCUT2D eigenvalue weighted by Gasteiger charge is -2.13. The van der Waals surface area contributed by atoms with Gasteiger partial charge < -0.3 is 5.32 Å². The van der Waals surface area contributed by atoms with E-state index < -0.39 is 34.5 Å². The zero-order chi connectivity index (χ0) is 24.2. The van der Waals surface area contributed by atoms with Crippen molar-refractivity contribution in [2.24, 2.45) is 0 Å². The third-order valence-corrected chi connectivity index (χ3v) is 5.21. The number of nitrogens with zero attached hydrogens (tertiary/aromatic N) is 3. The van der Waals surface area contributed by atoms with Crippen LogP contribution in [0.4, 0.5) is 8.78 Å². The van der Waals surface area contributed by atoms with E-state index in [1.807, 2.05) is 6.92 Å². The lowest BCUT2D eigenvalue weighted by atomic mass is 10.2. The minimum Gasteiger partial charge on any atom is -0.346 e. The van der Waals surface area contributed by atoms with Gasteiger partial charge in [-0.25, -0.2) is 13.6 Å². The van der Waals surface area contributed by atoms with Crippen molar-refractivity contribution in [1.29, 1.82) is 0 Å². The average molecular weight is 462 g/mol. The van der Waals surface area contributed by atoms with Gasteiger partial charge in [-0.3, -0.25) is 14.2 Å². The molecule has 4 rings (SSSR count). The van der Waals surface area contributed by atoms with Gasteiger partial charge in [-0.05, 0) is 42.8 Å². The summed E-state index contributed by atoms with van der Waals surface area (Å²) < 4.78 is 29.1. The van der Waals surface area contributed by atoms with Gasteiger partial charge in [-0.1, -0.05) is 48.0 Å². The number of nitrogens with one attached hydrogen (secondary N) is 1. The lowest BCUT2D eigenvalue weighted by Crippen LogP contribution is -2.46. The number of halogens is 2. The van der Waals surface area contributed by atoms with Gasteiger partial charge in [0.05, 0.1) is 12.2 Å². The van der Waals surface area contributed by atoms with E-state index in [4.69, 9.17) is 0 Å². The predicted octanol–water partition coefficient (Wildman–Crippen LogP) is 2.96. The first-order valence-corrected chi connectivity index (χ1v) is 10.4. The highest BCUT2D eigenvalue weighted by molar-refractivity contribution is 5.91. The summed E-state index contributed by atoms with van der Waals surface area (Å²) in [5, 5.41) is 6.59. The van der Waals surface area contributed by atoms with E-state index in [1.165, 1.54) is 42.5 Å². The molecule has 34 heavy (non-hydrogen) atoms. The highest BCUT2D eigenvalue weighted by Crippen LogP contribution is 2.09. The summed E-state index contributed by atoms with van der Waals surface area (Å²) in [6, 6.07) is 18.0. The van der Waals surface area contributed by atoms with E-state index in [0.29, 0.717) is 11.3 Å². The van der Waals surface area contributed by atoms with Crippen LogP contribution in [0, 0.1) is 18.6 Å². The van der Waals surface area contributed by atoms with Crippen molar-refractivity contribution in [1.82, 2.24) is 19.7 Å². The Balaban J connectivity index is 1.77. The Morgan fingerprint density at radius 2 is 1.62 bits per heavy atom. The third kappa shape index (κ3) is 4.83. The van der Waals surface area contributed by atoms with Gasteiger partial charge in [0.25, 0.3) is 11.5 Å². The second-order valence-electron chi connectivity index (χ2n) is 7.67. The van der Waals surface area contributed by atoms with Crippen LogP contribution in [0.3, 0.4) is 0 Å². The van der Waals surface area contributed by atoms with Gasteiger partial charge in [0.1, 0.15) is 11.6 Å². The molecule has 1 amide bonds. The first-order valence-electron chi connectivity index (χ1n) is 10.4. The summed E-state index contributed by atoms with van der Waals surface area (Å²) in [5.74, 6) is -1.83. The fraction of sp³-hybridized carbons (Fsp3) is 0.120. The Labute approximate surface area is 192 Å². The SMILES string of the molecule is Cc1ccc(-n2nc(C(=O)NCc3ccc(F)cc3)c(=O)n(Cc3ccccc3F)c2=O)cc1. The molecule has 0 atom stereocenters. The first-order chi connectivity index (χ1) is 16.3. The quantitative estimate of drug-likeness (QED) is 0.478. The molecule has 0 aliphatic rings. The molecule has 4 aromatic rings. The summed E-state index contributed by atoms with van der Waals surface area (Å²) in [4.78, 5) is 39.1. The Morgan fingerprint density at radius 3 is 2.29 bits per heavy atom. The van der Waals surface area contributed by atoms with Gasteiger partial charge in [-0.15, -0.1) is 0 Å². The van der Waals surface area contributed by atoms with Crippen molar-refractivity contribution >= 4 is 5.91 Å². The van der Waals surface area contributed by atoms with Crippen LogP contribution >= 0.6 is 0 Å². The van der Waals surface area contributed by atoms with Crippen LogP contribution in [0.2, 0.25) is 0 Å². The minimum absolute atomic E-state index is 0.0111. The molecule has 7 nitrogen and oxygen atoms in total. The van der Waals surface area contributed by atoms with E-state index in [2.05, 4.69) is 10.4 Å². The molecule has 0 aliphatic heterocycles. The van der Waals surface area contributed by atoms with Gasteiger partial charge in [0.2, 0.25) is 5.69 Å². The fourth-order valence-electron chi connectivity index (χ4n) is 3.32. The first kappa shape index (κ1) is 22.8. The van der Waals surface area contributed by atoms with Gasteiger partial charge >= 0.3 is 5.69 Å². The number of aromatic nitrogens is 3. The molecule has 0 radical (unpaired) electrons. The van der Waals surface area contributed by atoms with Crippen molar-refractivity contribution in [3.63, 3.8) is 0 Å². The fourth-order valence-corrected chi connectivity index (χ4v) is 3.32. The molecule has 9 heteroatoms. The van der Waals surface area contributed by atoms with Crippen molar-refractivity contribution in [3.8, 4) is 5.69 Å². The van der Waals surface area contributed by atoms with Crippen molar-refractivity contribution < 1.29 is 13.6 Å². The molecule has 0 fully saturated rings. The van der Waals surface area contributed by atoms with Crippen molar-refractivity contribution in [2.45, 2.75) is 20.0 Å². The zero-order valence-electron chi connectivity index (χ0n) is 18.2.